The number of rotatable bonds is 5. The van der Waals surface area contributed by atoms with Gasteiger partial charge >= 0.3 is 0 Å². The molecule has 0 saturated carbocycles. The van der Waals surface area contributed by atoms with Crippen LogP contribution < -0.4 is 10.6 Å². The first-order valence-electron chi connectivity index (χ1n) is 7.16. The number of hydrogen-bond donors (Lipinski definition) is 1. The van der Waals surface area contributed by atoms with Crippen LogP contribution in [0.25, 0.3) is 0 Å². The lowest BCUT2D eigenvalue weighted by Gasteiger charge is -2.39. The number of nitrogens with zero attached hydrogens (tertiary/aromatic N) is 2. The number of hydrogen-bond acceptors (Lipinski definition) is 3. The number of piperazine rings is 1. The third-order valence-electron chi connectivity index (χ3n) is 3.96. The fourth-order valence-electron chi connectivity index (χ4n) is 2.71. The molecule has 0 aromatic heterocycles. The van der Waals surface area contributed by atoms with E-state index in [1.165, 1.54) is 6.07 Å². The van der Waals surface area contributed by atoms with Crippen LogP contribution in [0.5, 0.6) is 0 Å². The number of halogens is 1. The summed E-state index contributed by atoms with van der Waals surface area (Å²) in [5.41, 5.74) is 6.29. The number of para-hydroxylation sites is 1. The lowest BCUT2D eigenvalue weighted by atomic mass is 10.1. The quantitative estimate of drug-likeness (QED) is 0.884. The molecule has 106 valence electrons. The van der Waals surface area contributed by atoms with Crippen molar-refractivity contribution < 1.29 is 4.39 Å². The largest absolute Gasteiger partial charge is 0.367 e. The van der Waals surface area contributed by atoms with Gasteiger partial charge in [-0.2, -0.15) is 0 Å². The van der Waals surface area contributed by atoms with Gasteiger partial charge in [-0.1, -0.05) is 12.1 Å². The normalized spacial score (nSPS) is 18.6. The van der Waals surface area contributed by atoms with E-state index in [4.69, 9.17) is 5.73 Å². The summed E-state index contributed by atoms with van der Waals surface area (Å²) in [6, 6.07) is 7.61. The molecule has 0 aliphatic carbocycles. The maximum atomic E-state index is 13.7. The van der Waals surface area contributed by atoms with Crippen LogP contribution in [-0.4, -0.2) is 43.7 Å². The summed E-state index contributed by atoms with van der Waals surface area (Å²) in [4.78, 5) is 4.62. The van der Waals surface area contributed by atoms with E-state index in [0.717, 1.165) is 51.3 Å². The zero-order chi connectivity index (χ0) is 13.7. The molecule has 0 amide bonds. The van der Waals surface area contributed by atoms with Crippen molar-refractivity contribution in [2.75, 3.05) is 37.6 Å². The third kappa shape index (κ3) is 3.67. The second kappa shape index (κ2) is 6.87. The molecule has 1 aromatic rings. The Labute approximate surface area is 115 Å². The highest BCUT2D eigenvalue weighted by Gasteiger charge is 2.22. The first kappa shape index (κ1) is 14.3. The second-order valence-corrected chi connectivity index (χ2v) is 5.25. The van der Waals surface area contributed by atoms with Gasteiger partial charge in [0.25, 0.3) is 0 Å². The third-order valence-corrected chi connectivity index (χ3v) is 3.96. The predicted octanol–water partition coefficient (Wildman–Crippen LogP) is 2.08. The summed E-state index contributed by atoms with van der Waals surface area (Å²) in [5.74, 6) is -0.118. The summed E-state index contributed by atoms with van der Waals surface area (Å²) < 4.78 is 13.7. The molecule has 0 spiro atoms. The van der Waals surface area contributed by atoms with Crippen LogP contribution in [0, 0.1) is 5.82 Å². The fraction of sp³-hybridized carbons (Fsp3) is 0.600. The Morgan fingerprint density at radius 2 is 1.89 bits per heavy atom. The van der Waals surface area contributed by atoms with Gasteiger partial charge in [-0.25, -0.2) is 4.39 Å². The van der Waals surface area contributed by atoms with Crippen molar-refractivity contribution in [2.45, 2.75) is 25.8 Å². The molecule has 2 rings (SSSR count). The highest BCUT2D eigenvalue weighted by Crippen LogP contribution is 2.21. The molecule has 3 nitrogen and oxygen atoms in total. The van der Waals surface area contributed by atoms with Crippen molar-refractivity contribution in [3.8, 4) is 0 Å². The highest BCUT2D eigenvalue weighted by molar-refractivity contribution is 5.47. The number of benzene rings is 1. The minimum Gasteiger partial charge on any atom is -0.367 e. The van der Waals surface area contributed by atoms with Crippen molar-refractivity contribution >= 4 is 5.69 Å². The standard InChI is InChI=1S/C15H24FN3/c1-13(5-4-8-17)18-9-11-19(12-10-18)15-7-3-2-6-14(15)16/h2-3,6-7,13H,4-5,8-12,17H2,1H3. The maximum Gasteiger partial charge on any atom is 0.146 e. The average Bonchev–Trinajstić information content (AvgIpc) is 2.45. The van der Waals surface area contributed by atoms with Gasteiger partial charge in [0.05, 0.1) is 5.69 Å². The van der Waals surface area contributed by atoms with E-state index in [2.05, 4.69) is 16.7 Å². The Balaban J connectivity index is 1.87. The fourth-order valence-corrected chi connectivity index (χ4v) is 2.71. The molecule has 2 N–H and O–H groups in total. The Bertz CT molecular complexity index is 389. The van der Waals surface area contributed by atoms with Gasteiger partial charge in [0, 0.05) is 32.2 Å². The topological polar surface area (TPSA) is 32.5 Å². The maximum absolute atomic E-state index is 13.7. The van der Waals surface area contributed by atoms with Gasteiger partial charge in [-0.05, 0) is 38.4 Å². The summed E-state index contributed by atoms with van der Waals surface area (Å²) in [7, 11) is 0. The van der Waals surface area contributed by atoms with Crippen molar-refractivity contribution in [3.63, 3.8) is 0 Å². The summed E-state index contributed by atoms with van der Waals surface area (Å²) in [6.45, 7) is 6.82. The minimum absolute atomic E-state index is 0.118. The molecule has 1 fully saturated rings. The van der Waals surface area contributed by atoms with Crippen LogP contribution in [0.3, 0.4) is 0 Å². The SMILES string of the molecule is CC(CCCN)N1CCN(c2ccccc2F)CC1. The average molecular weight is 265 g/mol. The molecule has 4 heteroatoms. The molecular formula is C15H24FN3. The minimum atomic E-state index is -0.118. The van der Waals surface area contributed by atoms with Crippen LogP contribution in [0.1, 0.15) is 19.8 Å². The van der Waals surface area contributed by atoms with Gasteiger partial charge in [-0.15, -0.1) is 0 Å². The molecule has 0 radical (unpaired) electrons. The monoisotopic (exact) mass is 265 g/mol. The van der Waals surface area contributed by atoms with Crippen LogP contribution in [0.4, 0.5) is 10.1 Å². The molecule has 0 bridgehead atoms. The Kier molecular flexibility index (Phi) is 5.16. The summed E-state index contributed by atoms with van der Waals surface area (Å²) >= 11 is 0. The van der Waals surface area contributed by atoms with Crippen molar-refractivity contribution in [1.29, 1.82) is 0 Å². The van der Waals surface area contributed by atoms with Crippen molar-refractivity contribution in [2.24, 2.45) is 5.73 Å². The van der Waals surface area contributed by atoms with Gasteiger partial charge in [0.2, 0.25) is 0 Å². The van der Waals surface area contributed by atoms with Gasteiger partial charge in [0.15, 0.2) is 0 Å². The highest BCUT2D eigenvalue weighted by atomic mass is 19.1. The smallest absolute Gasteiger partial charge is 0.146 e. The molecule has 1 aliphatic heterocycles. The molecule has 1 aromatic carbocycles. The van der Waals surface area contributed by atoms with Crippen molar-refractivity contribution in [1.82, 2.24) is 4.90 Å². The zero-order valence-corrected chi connectivity index (χ0v) is 11.7. The van der Waals surface area contributed by atoms with Gasteiger partial charge in [0.1, 0.15) is 5.82 Å². The van der Waals surface area contributed by atoms with Gasteiger partial charge in [-0.3, -0.25) is 4.90 Å². The van der Waals surface area contributed by atoms with E-state index in [1.54, 1.807) is 6.07 Å². The second-order valence-electron chi connectivity index (χ2n) is 5.25. The van der Waals surface area contributed by atoms with E-state index in [-0.39, 0.29) is 5.82 Å². The first-order valence-corrected chi connectivity index (χ1v) is 7.16. The number of nitrogens with two attached hydrogens (primary N) is 1. The molecule has 19 heavy (non-hydrogen) atoms. The molecule has 1 unspecified atom stereocenters. The molecular weight excluding hydrogens is 241 g/mol. The van der Waals surface area contributed by atoms with E-state index in [0.29, 0.717) is 6.04 Å². The molecule has 1 saturated heterocycles. The van der Waals surface area contributed by atoms with Crippen LogP contribution >= 0.6 is 0 Å². The summed E-state index contributed by atoms with van der Waals surface area (Å²) in [5, 5.41) is 0. The van der Waals surface area contributed by atoms with E-state index in [1.807, 2.05) is 12.1 Å². The Hall–Kier alpha value is -1.13. The molecule has 1 heterocycles. The van der Waals surface area contributed by atoms with E-state index < -0.39 is 0 Å². The first-order chi connectivity index (χ1) is 9.22. The van der Waals surface area contributed by atoms with Crippen LogP contribution in [0.2, 0.25) is 0 Å². The lowest BCUT2D eigenvalue weighted by Crippen LogP contribution is -2.49. The van der Waals surface area contributed by atoms with E-state index in [9.17, 15) is 4.39 Å². The Morgan fingerprint density at radius 1 is 1.21 bits per heavy atom. The Morgan fingerprint density at radius 3 is 2.53 bits per heavy atom. The van der Waals surface area contributed by atoms with E-state index >= 15 is 0 Å². The summed E-state index contributed by atoms with van der Waals surface area (Å²) in [6.07, 6.45) is 2.23. The number of anilines is 1. The van der Waals surface area contributed by atoms with Gasteiger partial charge < -0.3 is 10.6 Å². The van der Waals surface area contributed by atoms with Crippen LogP contribution in [-0.2, 0) is 0 Å². The van der Waals surface area contributed by atoms with Crippen LogP contribution in [0.15, 0.2) is 24.3 Å². The molecule has 1 atom stereocenters. The molecule has 1 aliphatic rings. The predicted molar refractivity (Wildman–Crippen MR) is 77.9 cm³/mol. The lowest BCUT2D eigenvalue weighted by molar-refractivity contribution is 0.186. The van der Waals surface area contributed by atoms with Crippen molar-refractivity contribution in [3.05, 3.63) is 30.1 Å². The zero-order valence-electron chi connectivity index (χ0n) is 11.7.